The van der Waals surface area contributed by atoms with Gasteiger partial charge in [-0.05, 0) is 77.0 Å². The number of aliphatic hydroxyl groups is 3. The average molecular weight is 977 g/mol. The molecule has 13 heteroatoms. The van der Waals surface area contributed by atoms with Crippen LogP contribution >= 0.6 is 0 Å². The van der Waals surface area contributed by atoms with Crippen LogP contribution in [0.3, 0.4) is 0 Å². The molecule has 0 saturated carbocycles. The Bertz CT molecular complexity index is 1570. The Morgan fingerprint density at radius 2 is 0.956 bits per heavy atom. The van der Waals surface area contributed by atoms with Gasteiger partial charge in [-0.3, -0.25) is 14.1 Å². The van der Waals surface area contributed by atoms with Crippen molar-refractivity contribution in [2.45, 2.75) is 230 Å². The first-order valence-corrected chi connectivity index (χ1v) is 27.8. The van der Waals surface area contributed by atoms with Crippen LogP contribution in [0.4, 0.5) is 0 Å². The molecule has 0 spiro atoms. The highest BCUT2D eigenvalue weighted by molar-refractivity contribution is 7.85. The Kier molecular flexibility index (Phi) is 40.5. The molecule has 1 aliphatic heterocycles. The zero-order valence-electron chi connectivity index (χ0n) is 41.9. The topological polar surface area (TPSA) is 186 Å². The number of ether oxygens (including phenoxy) is 4. The van der Waals surface area contributed by atoms with E-state index in [9.17, 15) is 37.9 Å². The molecular weight excluding hydrogens is 885 g/mol. The van der Waals surface area contributed by atoms with Gasteiger partial charge in [0.15, 0.2) is 12.4 Å². The van der Waals surface area contributed by atoms with Crippen LogP contribution < -0.4 is 0 Å². The van der Waals surface area contributed by atoms with Gasteiger partial charge in [-0.15, -0.1) is 0 Å². The molecule has 1 saturated heterocycles. The van der Waals surface area contributed by atoms with Crippen molar-refractivity contribution in [1.29, 1.82) is 0 Å². The van der Waals surface area contributed by atoms with Gasteiger partial charge in [0.1, 0.15) is 36.8 Å². The maximum absolute atomic E-state index is 12.8. The zero-order valence-corrected chi connectivity index (χ0v) is 42.7. The first-order chi connectivity index (χ1) is 33.0. The molecule has 68 heavy (non-hydrogen) atoms. The molecule has 6 unspecified atom stereocenters. The molecule has 0 aromatic heterocycles. The lowest BCUT2D eigenvalue weighted by Crippen LogP contribution is -2.60. The minimum absolute atomic E-state index is 0.0350. The third kappa shape index (κ3) is 37.7. The molecule has 1 rings (SSSR count). The standard InChI is InChI=1S/C55H92O12S/c1-3-5-7-9-11-13-15-17-19-21-23-24-26-27-29-31-33-35-37-39-41-43-50(56)64-45-48(46-65-55-54(60)53(59)52(58)49(67-55)47-68(61,62)63)66-51(57)44-42-40-38-36-34-32-30-28-25-22-20-18-16-14-12-10-8-6-4-2/h6,8,12,14,18,20-21,23,25,28,32,34,38,40,48-49,52-55,58-60H,3-5,7,9-11,13,15-17,19,22,24,26-27,29-31,33,35-37,39,41-47H2,1-2H3,(H,61,62,63)/b8-6-,14-12-,20-18-,23-21-,28-25-,34-32-,40-38-. The van der Waals surface area contributed by atoms with Gasteiger partial charge in [0, 0.05) is 12.8 Å². The highest BCUT2D eigenvalue weighted by Crippen LogP contribution is 2.24. The second kappa shape index (κ2) is 43.8. The van der Waals surface area contributed by atoms with Crippen LogP contribution in [0.5, 0.6) is 0 Å². The van der Waals surface area contributed by atoms with Crippen molar-refractivity contribution in [3.8, 4) is 0 Å². The minimum Gasteiger partial charge on any atom is -0.462 e. The Labute approximate surface area is 411 Å². The van der Waals surface area contributed by atoms with Crippen molar-refractivity contribution in [3.05, 3.63) is 85.1 Å². The molecule has 0 radical (unpaired) electrons. The Hall–Kier alpha value is -3.17. The number of aliphatic hydroxyl groups excluding tert-OH is 3. The van der Waals surface area contributed by atoms with E-state index in [0.29, 0.717) is 19.3 Å². The normalized spacial score (nSPS) is 19.9. The monoisotopic (exact) mass is 977 g/mol. The number of hydrogen-bond acceptors (Lipinski definition) is 11. The van der Waals surface area contributed by atoms with Gasteiger partial charge in [-0.1, -0.05) is 189 Å². The molecule has 0 bridgehead atoms. The highest BCUT2D eigenvalue weighted by atomic mass is 32.2. The fraction of sp³-hybridized carbons (Fsp3) is 0.709. The Morgan fingerprint density at radius 1 is 0.515 bits per heavy atom. The molecular formula is C55H92O12S. The van der Waals surface area contributed by atoms with E-state index in [4.69, 9.17) is 18.9 Å². The third-order valence-electron chi connectivity index (χ3n) is 11.5. The van der Waals surface area contributed by atoms with Gasteiger partial charge in [0.2, 0.25) is 0 Å². The zero-order chi connectivity index (χ0) is 49.8. The molecule has 6 atom stereocenters. The number of allylic oxidation sites excluding steroid dienone is 14. The van der Waals surface area contributed by atoms with E-state index in [0.717, 1.165) is 51.4 Å². The number of esters is 2. The summed E-state index contributed by atoms with van der Waals surface area (Å²) in [6, 6.07) is 0. The maximum Gasteiger partial charge on any atom is 0.306 e. The van der Waals surface area contributed by atoms with Crippen molar-refractivity contribution in [2.75, 3.05) is 19.0 Å². The Balaban J connectivity index is 2.42. The van der Waals surface area contributed by atoms with Gasteiger partial charge < -0.3 is 34.3 Å². The molecule has 1 aliphatic rings. The molecule has 390 valence electrons. The van der Waals surface area contributed by atoms with E-state index in [1.54, 1.807) is 0 Å². The summed E-state index contributed by atoms with van der Waals surface area (Å²) in [6.07, 6.45) is 49.2. The highest BCUT2D eigenvalue weighted by Gasteiger charge is 2.46. The second-order valence-corrected chi connectivity index (χ2v) is 19.3. The summed E-state index contributed by atoms with van der Waals surface area (Å²) in [5.41, 5.74) is 0. The van der Waals surface area contributed by atoms with E-state index in [-0.39, 0.29) is 19.4 Å². The molecule has 0 aromatic rings. The fourth-order valence-electron chi connectivity index (χ4n) is 7.46. The molecule has 0 aromatic carbocycles. The molecule has 1 heterocycles. The van der Waals surface area contributed by atoms with Crippen molar-refractivity contribution < 1.29 is 56.8 Å². The third-order valence-corrected chi connectivity index (χ3v) is 12.2. The summed E-state index contributed by atoms with van der Waals surface area (Å²) in [4.78, 5) is 25.5. The van der Waals surface area contributed by atoms with Gasteiger partial charge in [0.25, 0.3) is 10.1 Å². The predicted molar refractivity (Wildman–Crippen MR) is 274 cm³/mol. The molecule has 0 amide bonds. The van der Waals surface area contributed by atoms with Gasteiger partial charge in [-0.25, -0.2) is 0 Å². The quantitative estimate of drug-likeness (QED) is 0.0196. The number of rotatable bonds is 43. The molecule has 4 N–H and O–H groups in total. The summed E-state index contributed by atoms with van der Waals surface area (Å²) in [5.74, 6) is -2.10. The van der Waals surface area contributed by atoms with Crippen LogP contribution in [0, 0.1) is 0 Å². The number of carbonyl (C=O) groups excluding carboxylic acids is 2. The van der Waals surface area contributed by atoms with Crippen LogP contribution in [-0.4, -0.2) is 96.0 Å². The van der Waals surface area contributed by atoms with Crippen LogP contribution in [0.1, 0.15) is 194 Å². The van der Waals surface area contributed by atoms with E-state index in [1.165, 1.54) is 96.3 Å². The molecule has 1 fully saturated rings. The van der Waals surface area contributed by atoms with E-state index >= 15 is 0 Å². The average Bonchev–Trinajstić information content (AvgIpc) is 3.31. The lowest BCUT2D eigenvalue weighted by Gasteiger charge is -2.40. The predicted octanol–water partition coefficient (Wildman–Crippen LogP) is 12.0. The van der Waals surface area contributed by atoms with Gasteiger partial charge in [-0.2, -0.15) is 8.42 Å². The van der Waals surface area contributed by atoms with E-state index in [1.807, 2.05) is 18.2 Å². The lowest BCUT2D eigenvalue weighted by atomic mass is 10.00. The summed E-state index contributed by atoms with van der Waals surface area (Å²) in [5, 5.41) is 31.0. The van der Waals surface area contributed by atoms with Crippen molar-refractivity contribution in [1.82, 2.24) is 0 Å². The van der Waals surface area contributed by atoms with E-state index in [2.05, 4.69) is 80.7 Å². The second-order valence-electron chi connectivity index (χ2n) is 17.8. The fourth-order valence-corrected chi connectivity index (χ4v) is 8.15. The summed E-state index contributed by atoms with van der Waals surface area (Å²) in [7, 11) is -4.62. The summed E-state index contributed by atoms with van der Waals surface area (Å²) >= 11 is 0. The van der Waals surface area contributed by atoms with Crippen molar-refractivity contribution in [2.24, 2.45) is 0 Å². The number of unbranched alkanes of at least 4 members (excludes halogenated alkanes) is 17. The van der Waals surface area contributed by atoms with Crippen molar-refractivity contribution >= 4 is 22.1 Å². The SMILES string of the molecule is CC/C=C\C/C=C\C/C=C\C/C=C\C/C=C\C/C=C\CCC(=O)OC(COC(=O)CCCCCCCCCCC/C=C\CCCCCCCCCC)COC1OC(CS(=O)(=O)O)C(O)C(O)C1O. The number of carbonyl (C=O) groups is 2. The van der Waals surface area contributed by atoms with Gasteiger partial charge >= 0.3 is 11.9 Å². The molecule has 0 aliphatic carbocycles. The summed E-state index contributed by atoms with van der Waals surface area (Å²) in [6.45, 7) is 3.60. The molecule has 12 nitrogen and oxygen atoms in total. The first-order valence-electron chi connectivity index (χ1n) is 26.1. The minimum atomic E-state index is -4.62. The first kappa shape index (κ1) is 62.8. The van der Waals surface area contributed by atoms with Gasteiger partial charge in [0.05, 0.1) is 6.61 Å². The number of hydrogen-bond donors (Lipinski definition) is 4. The lowest BCUT2D eigenvalue weighted by molar-refractivity contribution is -0.297. The van der Waals surface area contributed by atoms with Crippen LogP contribution in [-0.2, 0) is 38.7 Å². The largest absolute Gasteiger partial charge is 0.462 e. The Morgan fingerprint density at radius 3 is 1.44 bits per heavy atom. The smallest absolute Gasteiger partial charge is 0.306 e. The van der Waals surface area contributed by atoms with Crippen LogP contribution in [0.25, 0.3) is 0 Å². The van der Waals surface area contributed by atoms with Crippen LogP contribution in [0.15, 0.2) is 85.1 Å². The maximum atomic E-state index is 12.8. The van der Waals surface area contributed by atoms with Crippen LogP contribution in [0.2, 0.25) is 0 Å². The summed E-state index contributed by atoms with van der Waals surface area (Å²) < 4.78 is 54.2. The van der Waals surface area contributed by atoms with E-state index < -0.39 is 71.2 Å². The van der Waals surface area contributed by atoms with Crippen molar-refractivity contribution in [3.63, 3.8) is 0 Å².